The van der Waals surface area contributed by atoms with Crippen LogP contribution in [0.15, 0.2) is 88.7 Å². The molecule has 1 N–H and O–H groups in total. The van der Waals surface area contributed by atoms with Crippen molar-refractivity contribution >= 4 is 34.1 Å². The molecule has 1 aliphatic heterocycles. The average Bonchev–Trinajstić information content (AvgIpc) is 3.64. The lowest BCUT2D eigenvalue weighted by Crippen LogP contribution is -2.31. The first kappa shape index (κ1) is 25.0. The number of benzene rings is 2. The zero-order valence-electron chi connectivity index (χ0n) is 20.4. The van der Waals surface area contributed by atoms with E-state index in [2.05, 4.69) is 4.98 Å². The summed E-state index contributed by atoms with van der Waals surface area (Å²) in [6, 6.07) is 18.0. The molecule has 2 aromatic carbocycles. The number of ketones is 1. The van der Waals surface area contributed by atoms with E-state index in [9.17, 15) is 19.5 Å². The lowest BCUT2D eigenvalue weighted by atomic mass is 9.95. The molecule has 1 amide bonds. The van der Waals surface area contributed by atoms with Gasteiger partial charge in [0.25, 0.3) is 5.91 Å². The Morgan fingerprint density at radius 1 is 1.05 bits per heavy atom. The third kappa shape index (κ3) is 4.57. The Balaban J connectivity index is 1.56. The van der Waals surface area contributed by atoms with Crippen molar-refractivity contribution in [3.63, 3.8) is 0 Å². The fraction of sp³-hybridized carbons (Fsp3) is 0.143. The predicted octanol–water partition coefficient (Wildman–Crippen LogP) is 5.80. The van der Waals surface area contributed by atoms with E-state index >= 15 is 0 Å². The fourth-order valence-corrected chi connectivity index (χ4v) is 5.09. The van der Waals surface area contributed by atoms with Crippen molar-refractivity contribution in [1.82, 2.24) is 4.98 Å². The van der Waals surface area contributed by atoms with Crippen molar-refractivity contribution in [2.45, 2.75) is 19.9 Å². The molecule has 38 heavy (non-hydrogen) atoms. The minimum Gasteiger partial charge on any atom is -0.503 e. The van der Waals surface area contributed by atoms with Gasteiger partial charge in [0, 0.05) is 0 Å². The van der Waals surface area contributed by atoms with Crippen LogP contribution in [0.2, 0.25) is 0 Å². The summed E-state index contributed by atoms with van der Waals surface area (Å²) in [7, 11) is 0. The Hall–Kier alpha value is -4.70. The molecule has 0 bridgehead atoms. The number of carbonyl (C=O) groups excluding carboxylic acids is 3. The van der Waals surface area contributed by atoms with Gasteiger partial charge in [0.2, 0.25) is 5.78 Å². The lowest BCUT2D eigenvalue weighted by Gasteiger charge is -2.24. The Morgan fingerprint density at radius 2 is 1.76 bits per heavy atom. The van der Waals surface area contributed by atoms with Gasteiger partial charge in [-0.25, -0.2) is 9.78 Å². The van der Waals surface area contributed by atoms with Crippen LogP contribution in [0.3, 0.4) is 0 Å². The van der Waals surface area contributed by atoms with Gasteiger partial charge in [-0.3, -0.25) is 14.5 Å². The maximum Gasteiger partial charge on any atom is 0.350 e. The first-order chi connectivity index (χ1) is 18.4. The highest BCUT2D eigenvalue weighted by Crippen LogP contribution is 2.44. The number of hydrogen-bond acceptors (Lipinski definition) is 9. The van der Waals surface area contributed by atoms with Crippen molar-refractivity contribution in [1.29, 1.82) is 0 Å². The molecule has 192 valence electrons. The highest BCUT2D eigenvalue weighted by atomic mass is 32.1. The van der Waals surface area contributed by atoms with Gasteiger partial charge in [0.15, 0.2) is 16.7 Å². The molecular weight excluding hydrogens is 508 g/mol. The highest BCUT2D eigenvalue weighted by Gasteiger charge is 2.46. The Kier molecular flexibility index (Phi) is 6.80. The molecule has 1 unspecified atom stereocenters. The molecule has 0 radical (unpaired) electrons. The number of esters is 1. The second kappa shape index (κ2) is 10.3. The van der Waals surface area contributed by atoms with E-state index in [-0.39, 0.29) is 27.9 Å². The van der Waals surface area contributed by atoms with Crippen LogP contribution in [-0.4, -0.2) is 34.4 Å². The quantitative estimate of drug-likeness (QED) is 0.224. The predicted molar refractivity (Wildman–Crippen MR) is 139 cm³/mol. The number of ether oxygens (including phenoxy) is 2. The normalized spacial score (nSPS) is 15.2. The smallest absolute Gasteiger partial charge is 0.350 e. The maximum absolute atomic E-state index is 13.4. The molecular formula is C28H22N2O7S. The van der Waals surface area contributed by atoms with Crippen molar-refractivity contribution < 1.29 is 33.4 Å². The number of carbonyl (C=O) groups is 3. The number of aliphatic hydroxyl groups is 1. The first-order valence-electron chi connectivity index (χ1n) is 11.7. The summed E-state index contributed by atoms with van der Waals surface area (Å²) in [5.74, 6) is -1.59. The third-order valence-electron chi connectivity index (χ3n) is 5.82. The second-order valence-electron chi connectivity index (χ2n) is 8.26. The summed E-state index contributed by atoms with van der Waals surface area (Å²) in [6.07, 6.45) is 1.33. The van der Waals surface area contributed by atoms with Gasteiger partial charge in [-0.05, 0) is 55.8 Å². The summed E-state index contributed by atoms with van der Waals surface area (Å²) in [4.78, 5) is 45.0. The number of thiazole rings is 1. The summed E-state index contributed by atoms with van der Waals surface area (Å²) >= 11 is 0.947. The summed E-state index contributed by atoms with van der Waals surface area (Å²) < 4.78 is 16.2. The van der Waals surface area contributed by atoms with Crippen LogP contribution in [-0.2, 0) is 9.53 Å². The van der Waals surface area contributed by atoms with Crippen molar-refractivity contribution in [3.8, 4) is 11.5 Å². The van der Waals surface area contributed by atoms with E-state index in [1.54, 1.807) is 44.2 Å². The Labute approximate surface area is 221 Å². The topological polar surface area (TPSA) is 119 Å². The number of amides is 1. The Morgan fingerprint density at radius 3 is 2.42 bits per heavy atom. The van der Waals surface area contributed by atoms with Crippen LogP contribution in [0.4, 0.5) is 5.13 Å². The fourth-order valence-electron chi connectivity index (χ4n) is 4.10. The van der Waals surface area contributed by atoms with Crippen LogP contribution < -0.4 is 9.64 Å². The third-order valence-corrected chi connectivity index (χ3v) is 6.96. The molecule has 2 aromatic heterocycles. The van der Waals surface area contributed by atoms with Crippen molar-refractivity contribution in [2.24, 2.45) is 0 Å². The standard InChI is InChI=1S/C28H22N2O7S/c1-3-35-27(34)25-16(2)29-28(38-25)30-22(21(24(32)26(30)33)23(31)20-10-7-15-36-20)17-11-13-19(14-12-17)37-18-8-5-4-6-9-18/h4-15,22,32H,3H2,1-2H3. The molecule has 10 heteroatoms. The molecule has 0 aliphatic carbocycles. The van der Waals surface area contributed by atoms with Crippen molar-refractivity contribution in [2.75, 3.05) is 11.5 Å². The zero-order valence-corrected chi connectivity index (χ0v) is 21.2. The number of furan rings is 1. The van der Waals surface area contributed by atoms with Gasteiger partial charge in [0.05, 0.1) is 30.2 Å². The van der Waals surface area contributed by atoms with Crippen LogP contribution in [0.5, 0.6) is 11.5 Å². The van der Waals surface area contributed by atoms with Gasteiger partial charge in [0.1, 0.15) is 16.4 Å². The molecule has 1 atom stereocenters. The molecule has 1 aliphatic rings. The van der Waals surface area contributed by atoms with Gasteiger partial charge in [-0.2, -0.15) is 0 Å². The molecule has 5 rings (SSSR count). The van der Waals surface area contributed by atoms with E-state index < -0.39 is 29.5 Å². The molecule has 0 saturated heterocycles. The van der Waals surface area contributed by atoms with Crippen LogP contribution in [0, 0.1) is 6.92 Å². The number of aromatic nitrogens is 1. The molecule has 9 nitrogen and oxygen atoms in total. The number of aryl methyl sites for hydroxylation is 1. The molecule has 4 aromatic rings. The minimum atomic E-state index is -1.04. The number of Topliss-reactive ketones (excluding diaryl/α,β-unsaturated/α-hetero) is 1. The van der Waals surface area contributed by atoms with Gasteiger partial charge >= 0.3 is 5.97 Å². The number of rotatable bonds is 8. The van der Waals surface area contributed by atoms with Gasteiger partial charge in [-0.1, -0.05) is 41.7 Å². The Bertz CT molecular complexity index is 1520. The zero-order chi connectivity index (χ0) is 26.8. The number of aliphatic hydroxyl groups excluding tert-OH is 1. The van der Waals surface area contributed by atoms with Crippen LogP contribution in [0.25, 0.3) is 0 Å². The van der Waals surface area contributed by atoms with E-state index in [1.807, 2.05) is 30.3 Å². The number of hydrogen-bond donors (Lipinski definition) is 1. The van der Waals surface area contributed by atoms with Crippen molar-refractivity contribution in [3.05, 3.63) is 106 Å². The second-order valence-corrected chi connectivity index (χ2v) is 9.24. The number of nitrogens with zero attached hydrogens (tertiary/aromatic N) is 2. The summed E-state index contributed by atoms with van der Waals surface area (Å²) in [5, 5.41) is 11.0. The largest absolute Gasteiger partial charge is 0.503 e. The van der Waals surface area contributed by atoms with E-state index in [4.69, 9.17) is 13.9 Å². The highest BCUT2D eigenvalue weighted by molar-refractivity contribution is 7.17. The monoisotopic (exact) mass is 530 g/mol. The van der Waals surface area contributed by atoms with Crippen LogP contribution in [0.1, 0.15) is 44.4 Å². The van der Waals surface area contributed by atoms with E-state index in [1.165, 1.54) is 17.2 Å². The first-order valence-corrected chi connectivity index (χ1v) is 12.5. The number of anilines is 1. The summed E-state index contributed by atoms with van der Waals surface area (Å²) in [5.41, 5.74) is 0.724. The molecule has 0 spiro atoms. The van der Waals surface area contributed by atoms with E-state index in [0.717, 1.165) is 11.3 Å². The van der Waals surface area contributed by atoms with Gasteiger partial charge < -0.3 is 19.0 Å². The molecule has 0 fully saturated rings. The molecule has 0 saturated carbocycles. The van der Waals surface area contributed by atoms with E-state index in [0.29, 0.717) is 22.8 Å². The lowest BCUT2D eigenvalue weighted by molar-refractivity contribution is -0.117. The number of para-hydroxylation sites is 1. The average molecular weight is 531 g/mol. The minimum absolute atomic E-state index is 0.0298. The SMILES string of the molecule is CCOC(=O)c1sc(N2C(=O)C(O)=C(C(=O)c3ccco3)C2c2ccc(Oc3ccccc3)cc2)nc1C. The summed E-state index contributed by atoms with van der Waals surface area (Å²) in [6.45, 7) is 3.49. The van der Waals surface area contributed by atoms with Gasteiger partial charge in [-0.15, -0.1) is 0 Å². The van der Waals surface area contributed by atoms with Crippen LogP contribution >= 0.6 is 11.3 Å². The maximum atomic E-state index is 13.4. The molecule has 3 heterocycles.